The third-order valence-corrected chi connectivity index (χ3v) is 4.14. The van der Waals surface area contributed by atoms with Crippen LogP contribution in [0.1, 0.15) is 28.5 Å². The molecule has 0 spiro atoms. The van der Waals surface area contributed by atoms with Gasteiger partial charge in [-0.15, -0.1) is 0 Å². The highest BCUT2D eigenvalue weighted by molar-refractivity contribution is 6.07. The van der Waals surface area contributed by atoms with Gasteiger partial charge in [-0.2, -0.15) is 0 Å². The predicted molar refractivity (Wildman–Crippen MR) is 98.0 cm³/mol. The highest BCUT2D eigenvalue weighted by atomic mass is 16.6. The van der Waals surface area contributed by atoms with Crippen LogP contribution in [0.3, 0.4) is 0 Å². The lowest BCUT2D eigenvalue weighted by molar-refractivity contribution is -0.386. The monoisotopic (exact) mass is 366 g/mol. The molecule has 0 saturated carbocycles. The van der Waals surface area contributed by atoms with Gasteiger partial charge in [0.2, 0.25) is 5.75 Å². The number of Topliss-reactive ketones (excluding diaryl/α,β-unsaturated/α-hetero) is 1. The summed E-state index contributed by atoms with van der Waals surface area (Å²) in [5.41, 5.74) is 0.574. The third-order valence-electron chi connectivity index (χ3n) is 4.14. The zero-order valence-corrected chi connectivity index (χ0v) is 14.1. The molecule has 0 bridgehead atoms. The average Bonchev–Trinajstić information content (AvgIpc) is 2.62. The van der Waals surface area contributed by atoms with Crippen LogP contribution in [-0.2, 0) is 0 Å². The van der Waals surface area contributed by atoms with Gasteiger partial charge >= 0.3 is 5.69 Å². The number of nitro benzene ring substituents is 1. The normalized spacial score (nSPS) is 10.7. The molecule has 0 fully saturated rings. The van der Waals surface area contributed by atoms with Crippen LogP contribution in [-0.4, -0.2) is 31.0 Å². The Morgan fingerprint density at radius 3 is 2.44 bits per heavy atom. The second kappa shape index (κ2) is 6.41. The summed E-state index contributed by atoms with van der Waals surface area (Å²) >= 11 is 0. The van der Waals surface area contributed by atoms with Gasteiger partial charge in [-0.1, -0.05) is 6.58 Å². The van der Waals surface area contributed by atoms with E-state index in [-0.39, 0.29) is 33.9 Å². The Morgan fingerprint density at radius 2 is 1.81 bits per heavy atom. The van der Waals surface area contributed by atoms with E-state index in [1.54, 1.807) is 12.1 Å². The number of fused-ring (bicyclic) bond motifs is 1. The smallest absolute Gasteiger partial charge is 0.315 e. The molecule has 3 rings (SSSR count). The van der Waals surface area contributed by atoms with Crippen molar-refractivity contribution in [3.05, 3.63) is 69.9 Å². The average molecular weight is 366 g/mol. The topological polar surface area (TPSA) is 134 Å². The standard InChI is InChI=1S/C19H14N2O6/c1-9(11-7-15(21(26)27)19(25)17(24)8-11)14-5-3-13-12(10(2)22)4-6-16(23)18(13)20-14/h3-8,23-25H,1H2,2H3. The molecule has 27 heavy (non-hydrogen) atoms. The minimum absolute atomic E-state index is 0.135. The zero-order chi connectivity index (χ0) is 19.9. The Hall–Kier alpha value is -3.94. The molecule has 0 atom stereocenters. The van der Waals surface area contributed by atoms with Gasteiger partial charge in [-0.3, -0.25) is 14.9 Å². The van der Waals surface area contributed by atoms with Gasteiger partial charge < -0.3 is 15.3 Å². The molecule has 2 aromatic carbocycles. The van der Waals surface area contributed by atoms with Crippen LogP contribution in [0.4, 0.5) is 5.69 Å². The van der Waals surface area contributed by atoms with Crippen molar-refractivity contribution >= 4 is 27.9 Å². The van der Waals surface area contributed by atoms with E-state index in [1.807, 2.05) is 0 Å². The number of aromatic hydroxyl groups is 3. The van der Waals surface area contributed by atoms with Gasteiger partial charge in [0.1, 0.15) is 11.3 Å². The number of ketones is 1. The number of nitro groups is 1. The SMILES string of the molecule is C=C(c1cc(O)c(O)c([N+](=O)[O-])c1)c1ccc2c(C(C)=O)ccc(O)c2n1. The summed E-state index contributed by atoms with van der Waals surface area (Å²) in [6.07, 6.45) is 0. The number of pyridine rings is 1. The predicted octanol–water partition coefficient (Wildman–Crippen LogP) is 3.52. The number of carbonyl (C=O) groups excluding carboxylic acids is 1. The molecule has 8 heteroatoms. The zero-order valence-electron chi connectivity index (χ0n) is 14.1. The van der Waals surface area contributed by atoms with E-state index >= 15 is 0 Å². The van der Waals surface area contributed by atoms with Crippen LogP contribution in [0.2, 0.25) is 0 Å². The molecule has 3 aromatic rings. The molecule has 0 saturated heterocycles. The summed E-state index contributed by atoms with van der Waals surface area (Å²) < 4.78 is 0. The fourth-order valence-corrected chi connectivity index (χ4v) is 2.74. The van der Waals surface area contributed by atoms with Gasteiger partial charge in [0.15, 0.2) is 11.5 Å². The Balaban J connectivity index is 2.16. The van der Waals surface area contributed by atoms with E-state index in [9.17, 15) is 30.2 Å². The van der Waals surface area contributed by atoms with Crippen molar-refractivity contribution in [3.63, 3.8) is 0 Å². The summed E-state index contributed by atoms with van der Waals surface area (Å²) in [4.78, 5) is 26.2. The quantitative estimate of drug-likeness (QED) is 0.278. The number of benzene rings is 2. The van der Waals surface area contributed by atoms with E-state index in [0.29, 0.717) is 10.9 Å². The first-order valence-corrected chi connectivity index (χ1v) is 7.74. The van der Waals surface area contributed by atoms with Crippen LogP contribution in [0, 0.1) is 10.1 Å². The van der Waals surface area contributed by atoms with E-state index < -0.39 is 22.1 Å². The van der Waals surface area contributed by atoms with Gasteiger partial charge in [-0.25, -0.2) is 4.98 Å². The summed E-state index contributed by atoms with van der Waals surface area (Å²) in [5, 5.41) is 40.9. The van der Waals surface area contributed by atoms with Crippen molar-refractivity contribution in [2.45, 2.75) is 6.92 Å². The second-order valence-electron chi connectivity index (χ2n) is 5.88. The van der Waals surface area contributed by atoms with Crippen molar-refractivity contribution in [1.29, 1.82) is 0 Å². The van der Waals surface area contributed by atoms with Crippen LogP contribution < -0.4 is 0 Å². The molecule has 0 amide bonds. The van der Waals surface area contributed by atoms with Crippen molar-refractivity contribution in [2.24, 2.45) is 0 Å². The Bertz CT molecular complexity index is 1140. The molecule has 0 radical (unpaired) electrons. The number of aromatic nitrogens is 1. The number of hydrogen-bond acceptors (Lipinski definition) is 7. The molecular formula is C19H14N2O6. The van der Waals surface area contributed by atoms with Gasteiger partial charge in [0, 0.05) is 22.6 Å². The highest BCUT2D eigenvalue weighted by Crippen LogP contribution is 2.39. The number of rotatable bonds is 4. The van der Waals surface area contributed by atoms with Crippen LogP contribution >= 0.6 is 0 Å². The van der Waals surface area contributed by atoms with Crippen LogP contribution in [0.25, 0.3) is 16.5 Å². The van der Waals surface area contributed by atoms with Crippen molar-refractivity contribution in [2.75, 3.05) is 0 Å². The van der Waals surface area contributed by atoms with E-state index in [0.717, 1.165) is 12.1 Å². The van der Waals surface area contributed by atoms with E-state index in [4.69, 9.17) is 0 Å². The molecule has 1 heterocycles. The molecule has 0 aliphatic rings. The Kier molecular flexibility index (Phi) is 4.24. The first-order valence-electron chi connectivity index (χ1n) is 7.74. The van der Waals surface area contributed by atoms with Crippen molar-refractivity contribution in [3.8, 4) is 17.2 Å². The lowest BCUT2D eigenvalue weighted by Crippen LogP contribution is -1.98. The Labute approximate surface area is 152 Å². The first kappa shape index (κ1) is 17.9. The molecule has 1 aromatic heterocycles. The van der Waals surface area contributed by atoms with E-state index in [1.165, 1.54) is 19.1 Å². The molecule has 0 unspecified atom stereocenters. The molecular weight excluding hydrogens is 352 g/mol. The van der Waals surface area contributed by atoms with Gasteiger partial charge in [0.25, 0.3) is 0 Å². The maximum atomic E-state index is 11.7. The fraction of sp³-hybridized carbons (Fsp3) is 0.0526. The Morgan fingerprint density at radius 1 is 1.11 bits per heavy atom. The lowest BCUT2D eigenvalue weighted by atomic mass is 9.99. The maximum Gasteiger partial charge on any atom is 0.315 e. The van der Waals surface area contributed by atoms with Crippen molar-refractivity contribution in [1.82, 2.24) is 4.98 Å². The highest BCUT2D eigenvalue weighted by Gasteiger charge is 2.21. The number of hydrogen-bond donors (Lipinski definition) is 3. The number of carbonyl (C=O) groups is 1. The van der Waals surface area contributed by atoms with Crippen LogP contribution in [0.5, 0.6) is 17.2 Å². The van der Waals surface area contributed by atoms with Crippen LogP contribution in [0.15, 0.2) is 43.0 Å². The van der Waals surface area contributed by atoms with Crippen molar-refractivity contribution < 1.29 is 25.0 Å². The maximum absolute atomic E-state index is 11.7. The first-order chi connectivity index (χ1) is 12.7. The summed E-state index contributed by atoms with van der Waals surface area (Å²) in [6, 6.07) is 8.19. The second-order valence-corrected chi connectivity index (χ2v) is 5.88. The van der Waals surface area contributed by atoms with Gasteiger partial charge in [-0.05, 0) is 42.8 Å². The summed E-state index contributed by atoms with van der Waals surface area (Å²) in [5.74, 6) is -1.83. The van der Waals surface area contributed by atoms with E-state index in [2.05, 4.69) is 11.6 Å². The molecule has 0 aliphatic carbocycles. The number of nitrogens with zero attached hydrogens (tertiary/aromatic N) is 2. The molecule has 3 N–H and O–H groups in total. The molecule has 136 valence electrons. The molecule has 8 nitrogen and oxygen atoms in total. The minimum atomic E-state index is -0.841. The minimum Gasteiger partial charge on any atom is -0.506 e. The number of phenols is 3. The largest absolute Gasteiger partial charge is 0.506 e. The summed E-state index contributed by atoms with van der Waals surface area (Å²) in [7, 11) is 0. The fourth-order valence-electron chi connectivity index (χ4n) is 2.74. The third kappa shape index (κ3) is 3.04. The lowest BCUT2D eigenvalue weighted by Gasteiger charge is -2.10. The number of phenolic OH excluding ortho intramolecular Hbond substituents is 3. The molecule has 0 aliphatic heterocycles. The van der Waals surface area contributed by atoms with Gasteiger partial charge in [0.05, 0.1) is 10.6 Å². The summed E-state index contributed by atoms with van der Waals surface area (Å²) in [6.45, 7) is 5.23.